The lowest BCUT2D eigenvalue weighted by Crippen LogP contribution is -2.58. The molecule has 1 aliphatic carbocycles. The lowest BCUT2D eigenvalue weighted by molar-refractivity contribution is -0.137. The Kier molecular flexibility index (Phi) is 21.4. The Balaban J connectivity index is 1.08. The number of amides is 6. The predicted octanol–water partition coefficient (Wildman–Crippen LogP) is 2.58. The second-order valence-corrected chi connectivity index (χ2v) is 20.9. The predicted molar refractivity (Wildman–Crippen MR) is 300 cm³/mol. The van der Waals surface area contributed by atoms with E-state index in [4.69, 9.17) is 16.2 Å². The Hall–Kier alpha value is -7.78. The number of hydrogen-bond donors (Lipinski definition) is 12. The quantitative estimate of drug-likeness (QED) is 0.0148. The van der Waals surface area contributed by atoms with Crippen molar-refractivity contribution < 1.29 is 48.5 Å². The van der Waals surface area contributed by atoms with Crippen molar-refractivity contribution in [3.05, 3.63) is 101 Å². The number of H-pyrrole nitrogens is 1. The summed E-state index contributed by atoms with van der Waals surface area (Å²) in [6.07, 6.45) is 2.52. The minimum absolute atomic E-state index is 0.0736. The third-order valence-electron chi connectivity index (χ3n) is 13.1. The van der Waals surface area contributed by atoms with E-state index in [1.54, 1.807) is 25.1 Å². The molecule has 420 valence electrons. The number of benzene rings is 3. The number of aliphatic imine (C=N–C) groups is 2. The van der Waals surface area contributed by atoms with Gasteiger partial charge < -0.3 is 58.0 Å². The first-order valence-electron chi connectivity index (χ1n) is 25.9. The van der Waals surface area contributed by atoms with Crippen LogP contribution < -0.4 is 48.7 Å². The maximum absolute atomic E-state index is 14.6. The number of imidazole rings is 1. The zero-order valence-electron chi connectivity index (χ0n) is 43.7. The minimum Gasteiger partial charge on any atom is -0.480 e. The molecule has 0 radical (unpaired) electrons. The number of nitrogens with one attached hydrogen (secondary N) is 8. The highest BCUT2D eigenvalue weighted by Crippen LogP contribution is 2.44. The molecule has 0 saturated carbocycles. The number of aliphatic carboxylic acids is 1. The smallest absolute Gasteiger partial charge is 0.407 e. The summed E-state index contributed by atoms with van der Waals surface area (Å²) in [5.41, 5.74) is 17.0. The van der Waals surface area contributed by atoms with E-state index < -0.39 is 78.0 Å². The molecule has 1 unspecified atom stereocenters. The van der Waals surface area contributed by atoms with Gasteiger partial charge in [0.25, 0.3) is 0 Å². The molecule has 26 heteroatoms. The summed E-state index contributed by atoms with van der Waals surface area (Å²) in [4.78, 5) is 115. The van der Waals surface area contributed by atoms with E-state index >= 15 is 0 Å². The van der Waals surface area contributed by atoms with E-state index in [2.05, 4.69) is 62.2 Å². The maximum atomic E-state index is 14.6. The number of fused-ring (bicyclic) bond motifs is 4. The molecular weight excluding hydrogens is 1060 g/mol. The van der Waals surface area contributed by atoms with Crippen LogP contribution in [0.2, 0.25) is 0 Å². The normalized spacial score (nSPS) is 15.8. The average molecular weight is 1120 g/mol. The SMILES string of the molecule is CN=C(N)NC(=O)CC[C@H](NC(=O)OCC1c2ccccc2-c2ccccc21)C(=O)N[C@@H](Cc1cnc[nH]1)C(=O)N[C@@H](CCCCNC(C)O)C(=O)N[C@@H](CCCCN)C(=O)Nc1ccc2nc(C3=N[C@@H](C(=O)O)CS3)sc2c1. The number of carbonyl (C=O) groups excluding carboxylic acids is 6. The lowest BCUT2D eigenvalue weighted by atomic mass is 9.98. The second-order valence-electron chi connectivity index (χ2n) is 18.9. The molecule has 0 fully saturated rings. The molecule has 24 nitrogen and oxygen atoms in total. The number of aliphatic hydroxyl groups is 1. The molecule has 5 aromatic rings. The monoisotopic (exact) mass is 1120 g/mol. The molecule has 7 rings (SSSR count). The van der Waals surface area contributed by atoms with Crippen LogP contribution >= 0.6 is 23.1 Å². The highest BCUT2D eigenvalue weighted by molar-refractivity contribution is 8.15. The van der Waals surface area contributed by atoms with Gasteiger partial charge >= 0.3 is 12.1 Å². The van der Waals surface area contributed by atoms with E-state index in [9.17, 15) is 43.8 Å². The van der Waals surface area contributed by atoms with Gasteiger partial charge in [0.05, 0.1) is 16.5 Å². The maximum Gasteiger partial charge on any atom is 0.407 e. The summed E-state index contributed by atoms with van der Waals surface area (Å²) in [6.45, 7) is 2.22. The van der Waals surface area contributed by atoms with Gasteiger partial charge in [-0.1, -0.05) is 48.5 Å². The Labute approximate surface area is 463 Å². The Morgan fingerprint density at radius 1 is 0.835 bits per heavy atom. The summed E-state index contributed by atoms with van der Waals surface area (Å²) in [6, 6.07) is 14.7. The molecule has 0 spiro atoms. The number of thioether (sulfide) groups is 1. The van der Waals surface area contributed by atoms with Gasteiger partial charge in [0, 0.05) is 49.1 Å². The van der Waals surface area contributed by atoms with Crippen LogP contribution in [0.4, 0.5) is 10.5 Å². The number of carbonyl (C=O) groups is 7. The molecule has 14 N–H and O–H groups in total. The number of carboxylic acid groups (broad SMARTS) is 1. The van der Waals surface area contributed by atoms with Crippen molar-refractivity contribution in [1.29, 1.82) is 0 Å². The second kappa shape index (κ2) is 28.7. The number of rotatable bonds is 28. The first kappa shape index (κ1) is 58.9. The number of nitrogens with two attached hydrogens (primary N) is 2. The summed E-state index contributed by atoms with van der Waals surface area (Å²) >= 11 is 2.61. The summed E-state index contributed by atoms with van der Waals surface area (Å²) in [5, 5.41) is 39.5. The highest BCUT2D eigenvalue weighted by Gasteiger charge is 2.34. The Bertz CT molecular complexity index is 2980. The molecule has 0 bridgehead atoms. The van der Waals surface area contributed by atoms with Crippen LogP contribution in [0.25, 0.3) is 21.3 Å². The fraction of sp³-hybridized carbons (Fsp3) is 0.415. The first-order valence-corrected chi connectivity index (χ1v) is 27.7. The molecule has 3 aromatic carbocycles. The number of thiazole rings is 1. The van der Waals surface area contributed by atoms with E-state index in [0.717, 1.165) is 22.3 Å². The van der Waals surface area contributed by atoms with Crippen LogP contribution in [0, 0.1) is 0 Å². The van der Waals surface area contributed by atoms with Gasteiger partial charge in [0.15, 0.2) is 12.0 Å². The molecule has 3 heterocycles. The number of anilines is 1. The molecule has 2 aliphatic rings. The Morgan fingerprint density at radius 3 is 2.11 bits per heavy atom. The molecule has 1 aliphatic heterocycles. The molecule has 2 aromatic heterocycles. The first-order chi connectivity index (χ1) is 38.1. The highest BCUT2D eigenvalue weighted by atomic mass is 32.2. The number of unbranched alkanes of at least 4 members (excludes halogenated alkanes) is 2. The van der Waals surface area contributed by atoms with Crippen molar-refractivity contribution in [1.82, 2.24) is 46.9 Å². The van der Waals surface area contributed by atoms with Crippen molar-refractivity contribution in [2.45, 2.75) is 107 Å². The standard InChI is InChI=1S/C53H66N14O10S2/c1-29(68)58-22-10-8-16-39(46(71)61-38(15-7-9-21-54)45(70)60-30-17-18-37-43(24-30)79-50(64-37)49-65-42(27-78-49)51(74)75)62-48(73)41(23-31-25-57-28-59-31)63-47(72)40(19-20-44(69)67-52(55)56-2)66-53(76)77-26-36-34-13-5-3-11-32(34)33-12-4-6-14-35(33)36/h3-6,11-14,17-18,24-25,28-29,36,38-42,58,68H,7-10,15-16,19-23,26-27,54H2,1-2H3,(H,57,59)(H,60,70)(H,61,71)(H,62,73)(H,63,72)(H,66,76)(H,74,75)(H3,55,56,67,69)/t29?,38-,39-,40-,41-,42+/m0/s1. The van der Waals surface area contributed by atoms with Gasteiger partial charge in [-0.2, -0.15) is 0 Å². The van der Waals surface area contributed by atoms with E-state index in [1.165, 1.54) is 42.7 Å². The van der Waals surface area contributed by atoms with E-state index in [0.29, 0.717) is 76.2 Å². The third kappa shape index (κ3) is 16.6. The average Bonchev–Trinajstić information content (AvgIpc) is 4.28. The van der Waals surface area contributed by atoms with Gasteiger partial charge in [-0.05, 0) is 105 Å². The van der Waals surface area contributed by atoms with Gasteiger partial charge in [-0.15, -0.1) is 23.1 Å². The van der Waals surface area contributed by atoms with Crippen LogP contribution in [0.15, 0.2) is 89.2 Å². The number of aliphatic hydroxyl groups excluding tert-OH is 1. The molecular formula is C53H66N14O10S2. The van der Waals surface area contributed by atoms with Crippen LogP contribution in [-0.2, 0) is 39.9 Å². The largest absolute Gasteiger partial charge is 0.480 e. The Morgan fingerprint density at radius 2 is 1.48 bits per heavy atom. The summed E-state index contributed by atoms with van der Waals surface area (Å²) < 4.78 is 6.48. The summed E-state index contributed by atoms with van der Waals surface area (Å²) in [7, 11) is 1.38. The summed E-state index contributed by atoms with van der Waals surface area (Å²) in [5.74, 6) is -4.66. The van der Waals surface area contributed by atoms with Crippen molar-refractivity contribution in [2.75, 3.05) is 37.8 Å². The molecule has 79 heavy (non-hydrogen) atoms. The zero-order chi connectivity index (χ0) is 56.4. The topological polar surface area (TPSA) is 372 Å². The molecule has 0 saturated heterocycles. The van der Waals surface area contributed by atoms with Gasteiger partial charge in [0.2, 0.25) is 29.5 Å². The van der Waals surface area contributed by atoms with Crippen molar-refractivity contribution in [3.63, 3.8) is 0 Å². The van der Waals surface area contributed by atoms with Gasteiger partial charge in [0.1, 0.15) is 47.1 Å². The van der Waals surface area contributed by atoms with Crippen molar-refractivity contribution in [2.24, 2.45) is 21.5 Å². The van der Waals surface area contributed by atoms with Crippen molar-refractivity contribution in [3.8, 4) is 11.1 Å². The number of guanidine groups is 1. The van der Waals surface area contributed by atoms with E-state index in [-0.39, 0.29) is 50.6 Å². The fourth-order valence-corrected chi connectivity index (χ4v) is 11.1. The third-order valence-corrected chi connectivity index (χ3v) is 15.3. The number of carboxylic acids is 1. The van der Waals surface area contributed by atoms with Crippen LogP contribution in [0.5, 0.6) is 0 Å². The van der Waals surface area contributed by atoms with Crippen molar-refractivity contribution >= 4 is 91.6 Å². The van der Waals surface area contributed by atoms with Gasteiger partial charge in [-0.25, -0.2) is 19.6 Å². The number of alkyl carbamates (subject to hydrolysis) is 1. The van der Waals surface area contributed by atoms with Gasteiger partial charge in [-0.3, -0.25) is 44.6 Å². The van der Waals surface area contributed by atoms with Crippen LogP contribution in [-0.4, -0.2) is 147 Å². The van der Waals surface area contributed by atoms with Crippen LogP contribution in [0.1, 0.15) is 86.0 Å². The minimum atomic E-state index is -1.43. The number of aromatic nitrogens is 3. The zero-order valence-corrected chi connectivity index (χ0v) is 45.3. The number of nitrogens with zero attached hydrogens (tertiary/aromatic N) is 4. The molecule has 6 amide bonds. The van der Waals surface area contributed by atoms with E-state index in [1.807, 2.05) is 48.5 Å². The number of hydrogen-bond acceptors (Lipinski definition) is 17. The lowest BCUT2D eigenvalue weighted by Gasteiger charge is -2.26. The fourth-order valence-electron chi connectivity index (χ4n) is 8.99. The van der Waals surface area contributed by atoms with Crippen LogP contribution in [0.3, 0.4) is 0 Å². The molecule has 6 atom stereocenters. The number of ether oxygens (including phenoxy) is 1. The number of aromatic amines is 1.